The van der Waals surface area contributed by atoms with E-state index in [0.29, 0.717) is 23.8 Å². The first-order chi connectivity index (χ1) is 10.9. The number of thiophene rings is 1. The van der Waals surface area contributed by atoms with Crippen LogP contribution in [0.2, 0.25) is 0 Å². The molecule has 0 amide bonds. The van der Waals surface area contributed by atoms with E-state index in [0.717, 1.165) is 10.4 Å². The van der Waals surface area contributed by atoms with Gasteiger partial charge < -0.3 is 5.73 Å². The molecule has 1 saturated heterocycles. The van der Waals surface area contributed by atoms with Gasteiger partial charge in [0.2, 0.25) is 0 Å². The third-order valence-electron chi connectivity index (χ3n) is 4.68. The van der Waals surface area contributed by atoms with E-state index in [1.807, 2.05) is 32.0 Å². The molecule has 0 aliphatic carbocycles. The van der Waals surface area contributed by atoms with Crippen molar-refractivity contribution < 1.29 is 8.42 Å². The van der Waals surface area contributed by atoms with E-state index >= 15 is 0 Å². The molecule has 23 heavy (non-hydrogen) atoms. The lowest BCUT2D eigenvalue weighted by Crippen LogP contribution is -2.29. The predicted molar refractivity (Wildman–Crippen MR) is 94.3 cm³/mol. The zero-order valence-corrected chi connectivity index (χ0v) is 15.0. The van der Waals surface area contributed by atoms with Crippen molar-refractivity contribution in [1.82, 2.24) is 4.31 Å². The lowest BCUT2D eigenvalue weighted by Gasteiger charge is -2.16. The van der Waals surface area contributed by atoms with Crippen molar-refractivity contribution in [3.8, 4) is 0 Å². The molecule has 124 valence electrons. The fourth-order valence-electron chi connectivity index (χ4n) is 3.14. The van der Waals surface area contributed by atoms with Crippen LogP contribution < -0.4 is 5.73 Å². The largest absolute Gasteiger partial charge is 0.330 e. The summed E-state index contributed by atoms with van der Waals surface area (Å²) < 4.78 is 27.9. The van der Waals surface area contributed by atoms with Gasteiger partial charge in [-0.3, -0.25) is 0 Å². The maximum Gasteiger partial charge on any atom is 0.252 e. The minimum absolute atomic E-state index is 0.161. The monoisotopic (exact) mass is 350 g/mol. The summed E-state index contributed by atoms with van der Waals surface area (Å²) in [6, 6.07) is 11.9. The molecule has 3 rings (SSSR count). The van der Waals surface area contributed by atoms with Crippen molar-refractivity contribution in [2.45, 2.75) is 24.0 Å². The second-order valence-corrected chi connectivity index (χ2v) is 9.56. The van der Waals surface area contributed by atoms with E-state index in [1.54, 1.807) is 10.4 Å². The van der Waals surface area contributed by atoms with Crippen LogP contribution in [-0.4, -0.2) is 32.4 Å². The smallest absolute Gasteiger partial charge is 0.252 e. The van der Waals surface area contributed by atoms with Gasteiger partial charge in [0, 0.05) is 23.9 Å². The minimum Gasteiger partial charge on any atom is -0.330 e. The van der Waals surface area contributed by atoms with Crippen LogP contribution in [0.25, 0.3) is 0 Å². The highest BCUT2D eigenvalue weighted by Crippen LogP contribution is 2.37. The maximum absolute atomic E-state index is 12.9. The molecule has 1 fully saturated rings. The summed E-state index contributed by atoms with van der Waals surface area (Å²) >= 11 is 1.35. The Hall–Kier alpha value is -1.21. The van der Waals surface area contributed by atoms with E-state index in [1.165, 1.54) is 16.9 Å². The molecule has 0 radical (unpaired) electrons. The van der Waals surface area contributed by atoms with Gasteiger partial charge in [-0.1, -0.05) is 30.3 Å². The van der Waals surface area contributed by atoms with Crippen molar-refractivity contribution in [2.75, 3.05) is 19.6 Å². The molecule has 2 N–H and O–H groups in total. The highest BCUT2D eigenvalue weighted by molar-refractivity contribution is 7.91. The van der Waals surface area contributed by atoms with Crippen LogP contribution in [0.15, 0.2) is 40.6 Å². The van der Waals surface area contributed by atoms with Gasteiger partial charge in [-0.25, -0.2) is 8.42 Å². The van der Waals surface area contributed by atoms with Crippen LogP contribution in [0.1, 0.15) is 21.9 Å². The van der Waals surface area contributed by atoms with Crippen molar-refractivity contribution in [3.63, 3.8) is 0 Å². The fraction of sp³-hybridized carbons (Fsp3) is 0.412. The summed E-state index contributed by atoms with van der Waals surface area (Å²) in [4.78, 5) is 1.05. The van der Waals surface area contributed by atoms with Gasteiger partial charge in [-0.2, -0.15) is 4.31 Å². The Bertz CT molecular complexity index is 765. The molecule has 1 aromatic carbocycles. The van der Waals surface area contributed by atoms with Crippen molar-refractivity contribution in [2.24, 2.45) is 11.7 Å². The van der Waals surface area contributed by atoms with Crippen molar-refractivity contribution in [1.29, 1.82) is 0 Å². The predicted octanol–water partition coefficient (Wildman–Crippen LogP) is 2.73. The molecule has 6 heteroatoms. The second kappa shape index (κ2) is 6.36. The lowest BCUT2D eigenvalue weighted by molar-refractivity contribution is 0.460. The van der Waals surface area contributed by atoms with Gasteiger partial charge in [0.25, 0.3) is 10.0 Å². The molecule has 1 aromatic heterocycles. The number of nitrogens with zero attached hydrogens (tertiary/aromatic N) is 1. The van der Waals surface area contributed by atoms with Crippen LogP contribution in [0.4, 0.5) is 0 Å². The lowest BCUT2D eigenvalue weighted by atomic mass is 9.89. The van der Waals surface area contributed by atoms with Gasteiger partial charge in [-0.05, 0) is 43.5 Å². The van der Waals surface area contributed by atoms with E-state index in [9.17, 15) is 8.42 Å². The standard InChI is InChI=1S/C17H22N2O2S2/c1-12-8-17(22-13(12)2)23(20,21)19-10-15(9-18)16(11-19)14-6-4-3-5-7-14/h3-8,15-16H,9-11,18H2,1-2H3/t15-,16+/m1/s1. The molecule has 0 saturated carbocycles. The fourth-order valence-corrected chi connectivity index (χ4v) is 6.33. The molecule has 0 spiro atoms. The Morgan fingerprint density at radius 3 is 2.48 bits per heavy atom. The van der Waals surface area contributed by atoms with E-state index in [-0.39, 0.29) is 11.8 Å². The summed E-state index contributed by atoms with van der Waals surface area (Å²) in [5, 5.41) is 0. The molecule has 4 nitrogen and oxygen atoms in total. The third-order valence-corrected chi connectivity index (χ3v) is 8.11. The third kappa shape index (κ3) is 3.08. The molecule has 2 atom stereocenters. The van der Waals surface area contributed by atoms with Gasteiger partial charge in [-0.15, -0.1) is 11.3 Å². The van der Waals surface area contributed by atoms with Crippen molar-refractivity contribution >= 4 is 21.4 Å². The Labute approximate surface area is 142 Å². The topological polar surface area (TPSA) is 63.4 Å². The Morgan fingerprint density at radius 2 is 1.91 bits per heavy atom. The highest BCUT2D eigenvalue weighted by atomic mass is 32.2. The van der Waals surface area contributed by atoms with Gasteiger partial charge in [0.15, 0.2) is 0 Å². The summed E-state index contributed by atoms with van der Waals surface area (Å²) in [6.45, 7) is 5.40. The van der Waals surface area contributed by atoms with Crippen molar-refractivity contribution in [3.05, 3.63) is 52.4 Å². The van der Waals surface area contributed by atoms with Crippen LogP contribution in [-0.2, 0) is 10.0 Å². The van der Waals surface area contributed by atoms with Crippen LogP contribution >= 0.6 is 11.3 Å². The summed E-state index contributed by atoms with van der Waals surface area (Å²) in [6.07, 6.45) is 0. The normalized spacial score (nSPS) is 22.6. The van der Waals surface area contributed by atoms with Gasteiger partial charge >= 0.3 is 0 Å². The van der Waals surface area contributed by atoms with Crippen LogP contribution in [0.3, 0.4) is 0 Å². The zero-order valence-electron chi connectivity index (χ0n) is 13.4. The maximum atomic E-state index is 12.9. The average Bonchev–Trinajstić information content (AvgIpc) is 3.13. The Morgan fingerprint density at radius 1 is 1.22 bits per heavy atom. The first kappa shape index (κ1) is 16.6. The average molecular weight is 351 g/mol. The number of benzene rings is 1. The zero-order chi connectivity index (χ0) is 16.6. The Kier molecular flexibility index (Phi) is 4.60. The Balaban J connectivity index is 1.90. The molecule has 2 heterocycles. The van der Waals surface area contributed by atoms with Gasteiger partial charge in [0.05, 0.1) is 0 Å². The van der Waals surface area contributed by atoms with Crippen LogP contribution in [0.5, 0.6) is 0 Å². The van der Waals surface area contributed by atoms with Gasteiger partial charge in [0.1, 0.15) is 4.21 Å². The first-order valence-electron chi connectivity index (χ1n) is 7.75. The molecule has 0 bridgehead atoms. The first-order valence-corrected chi connectivity index (χ1v) is 10.0. The summed E-state index contributed by atoms with van der Waals surface area (Å²) in [5.74, 6) is 0.326. The number of aryl methyl sites for hydroxylation is 2. The van der Waals surface area contributed by atoms with E-state index in [4.69, 9.17) is 5.73 Å². The number of sulfonamides is 1. The second-order valence-electron chi connectivity index (χ2n) is 6.14. The molecule has 0 unspecified atom stereocenters. The molecule has 1 aliphatic rings. The van der Waals surface area contributed by atoms with Crippen LogP contribution in [0, 0.1) is 19.8 Å². The quantitative estimate of drug-likeness (QED) is 0.922. The minimum atomic E-state index is -3.43. The molecule has 1 aliphatic heterocycles. The number of rotatable bonds is 4. The summed E-state index contributed by atoms with van der Waals surface area (Å²) in [5.41, 5.74) is 8.11. The highest BCUT2D eigenvalue weighted by Gasteiger charge is 2.39. The number of nitrogens with two attached hydrogens (primary N) is 1. The molecular weight excluding hydrogens is 328 g/mol. The van der Waals surface area contributed by atoms with E-state index in [2.05, 4.69) is 12.1 Å². The summed E-state index contributed by atoms with van der Waals surface area (Å²) in [7, 11) is -3.43. The SMILES string of the molecule is Cc1cc(S(=O)(=O)N2C[C@@H](CN)[C@H](c3ccccc3)C2)sc1C. The number of hydrogen-bond donors (Lipinski definition) is 1. The van der Waals surface area contributed by atoms with E-state index < -0.39 is 10.0 Å². The number of hydrogen-bond acceptors (Lipinski definition) is 4. The molecule has 2 aromatic rings. The molecular formula is C17H22N2O2S2.